The van der Waals surface area contributed by atoms with E-state index in [4.69, 9.17) is 5.26 Å². The highest BCUT2D eigenvalue weighted by atomic mass is 19.1. The van der Waals surface area contributed by atoms with Crippen LogP contribution in [0.2, 0.25) is 0 Å². The van der Waals surface area contributed by atoms with Gasteiger partial charge in [0.15, 0.2) is 0 Å². The molecule has 0 aliphatic heterocycles. The van der Waals surface area contributed by atoms with Gasteiger partial charge in [-0.15, -0.1) is 0 Å². The van der Waals surface area contributed by atoms with Crippen molar-refractivity contribution in [2.75, 3.05) is 0 Å². The minimum Gasteiger partial charge on any atom is -0.392 e. The maximum Gasteiger partial charge on any atom is 0.123 e. The number of benzene rings is 2. The smallest absolute Gasteiger partial charge is 0.123 e. The van der Waals surface area contributed by atoms with Crippen molar-refractivity contribution in [3.05, 3.63) is 71.0 Å². The zero-order chi connectivity index (χ0) is 15.7. The Hall–Kier alpha value is -2.18. The van der Waals surface area contributed by atoms with E-state index in [1.165, 1.54) is 19.1 Å². The van der Waals surface area contributed by atoms with Gasteiger partial charge in [0.2, 0.25) is 0 Å². The molecule has 1 N–H and O–H groups in total. The summed E-state index contributed by atoms with van der Waals surface area (Å²) in [6.07, 6.45) is 0.919. The number of aliphatic hydroxyl groups excluding tert-OH is 1. The molecule has 3 heteroatoms. The zero-order valence-corrected chi connectivity index (χ0v) is 12.4. The van der Waals surface area contributed by atoms with E-state index in [2.05, 4.69) is 6.92 Å². The van der Waals surface area contributed by atoms with E-state index in [9.17, 15) is 9.50 Å². The van der Waals surface area contributed by atoms with Gasteiger partial charge in [-0.25, -0.2) is 4.39 Å². The molecule has 0 aromatic heterocycles. The molecule has 1 unspecified atom stereocenters. The number of hydrogen-bond acceptors (Lipinski definition) is 2. The molecule has 0 amide bonds. The summed E-state index contributed by atoms with van der Waals surface area (Å²) in [6.45, 7) is 3.57. The highest BCUT2D eigenvalue weighted by molar-refractivity contribution is 5.37. The van der Waals surface area contributed by atoms with Crippen molar-refractivity contribution in [1.29, 1.82) is 5.26 Å². The Morgan fingerprint density at radius 1 is 1.14 bits per heavy atom. The molecule has 0 radical (unpaired) electrons. The predicted molar refractivity (Wildman–Crippen MR) is 82.2 cm³/mol. The second-order valence-corrected chi connectivity index (χ2v) is 4.59. The Balaban J connectivity index is 0.000000677. The van der Waals surface area contributed by atoms with Gasteiger partial charge in [0, 0.05) is 12.8 Å². The lowest BCUT2D eigenvalue weighted by Gasteiger charge is -2.19. The largest absolute Gasteiger partial charge is 0.392 e. The van der Waals surface area contributed by atoms with Gasteiger partial charge in [-0.3, -0.25) is 0 Å². The number of rotatable bonds is 4. The first-order valence-electron chi connectivity index (χ1n) is 6.92. The fraction of sp³-hybridized carbons (Fsp3) is 0.278. The van der Waals surface area contributed by atoms with Gasteiger partial charge in [0.25, 0.3) is 0 Å². The van der Waals surface area contributed by atoms with E-state index in [0.717, 1.165) is 23.1 Å². The molecule has 0 bridgehead atoms. The van der Waals surface area contributed by atoms with Gasteiger partial charge in [-0.1, -0.05) is 43.3 Å². The van der Waals surface area contributed by atoms with Crippen LogP contribution in [0.1, 0.15) is 42.9 Å². The quantitative estimate of drug-likeness (QED) is 0.905. The highest BCUT2D eigenvalue weighted by Crippen LogP contribution is 2.30. The third-order valence-corrected chi connectivity index (χ3v) is 3.28. The van der Waals surface area contributed by atoms with E-state index in [1.54, 1.807) is 6.07 Å². The topological polar surface area (TPSA) is 44.0 Å². The summed E-state index contributed by atoms with van der Waals surface area (Å²) < 4.78 is 13.0. The molecule has 110 valence electrons. The molecule has 1 atom stereocenters. The summed E-state index contributed by atoms with van der Waals surface area (Å²) in [6, 6.07) is 16.2. The average molecular weight is 285 g/mol. The van der Waals surface area contributed by atoms with Gasteiger partial charge < -0.3 is 5.11 Å². The molecule has 0 heterocycles. The molecule has 0 spiro atoms. The van der Waals surface area contributed by atoms with Crippen LogP contribution in [-0.2, 0) is 6.61 Å². The molecule has 2 nitrogen and oxygen atoms in total. The molecule has 0 aliphatic rings. The van der Waals surface area contributed by atoms with E-state index >= 15 is 0 Å². The average Bonchev–Trinajstić information content (AvgIpc) is 2.51. The SMILES string of the molecule is CC#N.CCC(c1ccc(F)cc1)c1ccccc1CO. The van der Waals surface area contributed by atoms with Crippen LogP contribution < -0.4 is 0 Å². The van der Waals surface area contributed by atoms with Crippen LogP contribution in [0.25, 0.3) is 0 Å². The fourth-order valence-electron chi connectivity index (χ4n) is 2.35. The lowest BCUT2D eigenvalue weighted by Crippen LogP contribution is -2.04. The number of nitrogens with zero attached hydrogens (tertiary/aromatic N) is 1. The monoisotopic (exact) mass is 285 g/mol. The first-order chi connectivity index (χ1) is 10.2. The summed E-state index contributed by atoms with van der Waals surface area (Å²) in [4.78, 5) is 0. The van der Waals surface area contributed by atoms with Gasteiger partial charge in [-0.05, 0) is 35.2 Å². The fourth-order valence-corrected chi connectivity index (χ4v) is 2.35. The van der Waals surface area contributed by atoms with Gasteiger partial charge >= 0.3 is 0 Å². The molecule has 2 aromatic rings. The minimum absolute atomic E-state index is 0.0356. The summed E-state index contributed by atoms with van der Waals surface area (Å²) in [5.74, 6) is -0.0157. The normalized spacial score (nSPS) is 11.0. The Morgan fingerprint density at radius 2 is 1.71 bits per heavy atom. The summed E-state index contributed by atoms with van der Waals surface area (Å²) in [5, 5.41) is 16.7. The second-order valence-electron chi connectivity index (χ2n) is 4.59. The molecular weight excluding hydrogens is 265 g/mol. The minimum atomic E-state index is -0.218. The molecule has 21 heavy (non-hydrogen) atoms. The Kier molecular flexibility index (Phi) is 7.14. The van der Waals surface area contributed by atoms with Crippen LogP contribution in [0.4, 0.5) is 4.39 Å². The van der Waals surface area contributed by atoms with E-state index in [-0.39, 0.29) is 18.3 Å². The van der Waals surface area contributed by atoms with Crippen molar-refractivity contribution in [1.82, 2.24) is 0 Å². The number of halogens is 1. The summed E-state index contributed by atoms with van der Waals surface area (Å²) in [7, 11) is 0. The van der Waals surface area contributed by atoms with Gasteiger partial charge in [0.1, 0.15) is 5.82 Å². The second kappa shape index (κ2) is 8.89. The lowest BCUT2D eigenvalue weighted by atomic mass is 9.86. The molecule has 0 saturated heterocycles. The van der Waals surface area contributed by atoms with Crippen molar-refractivity contribution in [2.24, 2.45) is 0 Å². The van der Waals surface area contributed by atoms with Crippen molar-refractivity contribution >= 4 is 0 Å². The maximum atomic E-state index is 13.0. The van der Waals surface area contributed by atoms with Crippen LogP contribution >= 0.6 is 0 Å². The molecule has 2 aromatic carbocycles. The van der Waals surface area contributed by atoms with Crippen molar-refractivity contribution in [3.63, 3.8) is 0 Å². The third kappa shape index (κ3) is 4.70. The van der Waals surface area contributed by atoms with Crippen LogP contribution in [0.3, 0.4) is 0 Å². The molecule has 0 fully saturated rings. The van der Waals surface area contributed by atoms with Crippen molar-refractivity contribution < 1.29 is 9.50 Å². The van der Waals surface area contributed by atoms with Crippen LogP contribution in [-0.4, -0.2) is 5.11 Å². The maximum absolute atomic E-state index is 13.0. The Labute approximate surface area is 125 Å². The van der Waals surface area contributed by atoms with Crippen LogP contribution in [0.5, 0.6) is 0 Å². The lowest BCUT2D eigenvalue weighted by molar-refractivity contribution is 0.280. The van der Waals surface area contributed by atoms with E-state index in [1.807, 2.05) is 36.4 Å². The Bertz CT molecular complexity index is 587. The number of aliphatic hydroxyl groups is 1. The van der Waals surface area contributed by atoms with Gasteiger partial charge in [-0.2, -0.15) is 5.26 Å². The first kappa shape index (κ1) is 16.9. The standard InChI is InChI=1S/C16H17FO.C2H3N/c1-2-15(12-7-9-14(17)10-8-12)16-6-4-3-5-13(16)11-18;1-2-3/h3-10,15,18H,2,11H2,1H3;1H3. The van der Waals surface area contributed by atoms with Crippen molar-refractivity contribution in [3.8, 4) is 6.07 Å². The van der Waals surface area contributed by atoms with Crippen molar-refractivity contribution in [2.45, 2.75) is 32.8 Å². The highest BCUT2D eigenvalue weighted by Gasteiger charge is 2.15. The summed E-state index contributed by atoms with van der Waals surface area (Å²) in [5.41, 5.74) is 3.14. The van der Waals surface area contributed by atoms with Gasteiger partial charge in [0.05, 0.1) is 12.7 Å². The molecule has 0 saturated carbocycles. The predicted octanol–water partition coefficient (Wildman–Crippen LogP) is 4.39. The van der Waals surface area contributed by atoms with E-state index < -0.39 is 0 Å². The first-order valence-corrected chi connectivity index (χ1v) is 6.92. The van der Waals surface area contributed by atoms with Crippen LogP contribution in [0, 0.1) is 17.1 Å². The number of nitriles is 1. The van der Waals surface area contributed by atoms with E-state index in [0.29, 0.717) is 0 Å². The molecule has 0 aliphatic carbocycles. The number of hydrogen-bond donors (Lipinski definition) is 1. The molecular formula is C18H20FNO. The Morgan fingerprint density at radius 3 is 2.24 bits per heavy atom. The molecule has 2 rings (SSSR count). The zero-order valence-electron chi connectivity index (χ0n) is 12.4. The van der Waals surface area contributed by atoms with Crippen LogP contribution in [0.15, 0.2) is 48.5 Å². The summed E-state index contributed by atoms with van der Waals surface area (Å²) >= 11 is 0. The third-order valence-electron chi connectivity index (χ3n) is 3.28.